The van der Waals surface area contributed by atoms with Crippen molar-refractivity contribution >= 4 is 10.9 Å². The van der Waals surface area contributed by atoms with Gasteiger partial charge in [0, 0.05) is 17.5 Å². The number of hydrogen-bond donors (Lipinski definition) is 4. The lowest BCUT2D eigenvalue weighted by Gasteiger charge is -2.09. The van der Waals surface area contributed by atoms with Gasteiger partial charge in [-0.2, -0.15) is 0 Å². The quantitative estimate of drug-likeness (QED) is 0.226. The van der Waals surface area contributed by atoms with Crippen molar-refractivity contribution in [1.29, 1.82) is 0 Å². The molecule has 0 bridgehead atoms. The van der Waals surface area contributed by atoms with Crippen molar-refractivity contribution in [2.24, 2.45) is 0 Å². The van der Waals surface area contributed by atoms with Crippen molar-refractivity contribution in [3.05, 3.63) is 78.6 Å². The van der Waals surface area contributed by atoms with Crippen LogP contribution in [0.4, 0.5) is 0 Å². The number of hydrogen-bond acceptors (Lipinski definition) is 5. The maximum Gasteiger partial charge on any atom is 0.123 e. The predicted octanol–water partition coefficient (Wildman–Crippen LogP) is 6.31. The molecule has 3 aromatic heterocycles. The lowest BCUT2D eigenvalue weighted by Crippen LogP contribution is -2.21. The third-order valence-electron chi connectivity index (χ3n) is 8.09. The zero-order valence-electron chi connectivity index (χ0n) is 21.8. The average molecular weight is 504 g/mol. The lowest BCUT2D eigenvalue weighted by atomic mass is 10.0. The average Bonchev–Trinajstić information content (AvgIpc) is 3.75. The summed E-state index contributed by atoms with van der Waals surface area (Å²) in [5.41, 5.74) is 7.42. The van der Waals surface area contributed by atoms with Gasteiger partial charge in [0.05, 0.1) is 47.1 Å². The molecule has 5 heterocycles. The van der Waals surface area contributed by atoms with Gasteiger partial charge in [-0.3, -0.25) is 0 Å². The van der Waals surface area contributed by atoms with Crippen molar-refractivity contribution < 1.29 is 0 Å². The summed E-state index contributed by atoms with van der Waals surface area (Å²) in [7, 11) is 0. The molecule has 7 rings (SSSR count). The Morgan fingerprint density at radius 1 is 0.632 bits per heavy atom. The van der Waals surface area contributed by atoms with E-state index in [0.717, 1.165) is 58.0 Å². The maximum absolute atomic E-state index is 4.92. The molecule has 7 heteroatoms. The van der Waals surface area contributed by atoms with Crippen LogP contribution in [-0.2, 0) is 0 Å². The van der Waals surface area contributed by atoms with Crippen molar-refractivity contribution in [3.63, 3.8) is 0 Å². The summed E-state index contributed by atoms with van der Waals surface area (Å²) in [6.07, 6.45) is 8.47. The number of imidazole rings is 2. The van der Waals surface area contributed by atoms with Crippen LogP contribution in [0.15, 0.2) is 67.0 Å². The van der Waals surface area contributed by atoms with Crippen LogP contribution in [0, 0.1) is 0 Å². The molecule has 4 N–H and O–H groups in total. The van der Waals surface area contributed by atoms with E-state index in [9.17, 15) is 0 Å². The third-order valence-corrected chi connectivity index (χ3v) is 8.09. The van der Waals surface area contributed by atoms with Crippen LogP contribution in [0.25, 0.3) is 44.7 Å². The minimum absolute atomic E-state index is 0.302. The molecule has 2 saturated heterocycles. The van der Waals surface area contributed by atoms with Crippen LogP contribution < -0.4 is 10.6 Å². The Hall–Kier alpha value is -3.81. The number of aromatic amines is 2. The van der Waals surface area contributed by atoms with E-state index in [1.807, 2.05) is 12.4 Å². The largest absolute Gasteiger partial charge is 0.341 e. The molecular weight excluding hydrogens is 470 g/mol. The monoisotopic (exact) mass is 503 g/mol. The first-order valence-electron chi connectivity index (χ1n) is 13.7. The van der Waals surface area contributed by atoms with Crippen molar-refractivity contribution in [3.8, 4) is 33.8 Å². The molecule has 5 aromatic rings. The Kier molecular flexibility index (Phi) is 5.82. The Labute approximate surface area is 222 Å². The minimum Gasteiger partial charge on any atom is -0.341 e. The Morgan fingerprint density at radius 2 is 1.24 bits per heavy atom. The summed E-state index contributed by atoms with van der Waals surface area (Å²) in [5, 5.41) is 8.31. The molecule has 192 valence electrons. The van der Waals surface area contributed by atoms with Gasteiger partial charge < -0.3 is 20.6 Å². The van der Waals surface area contributed by atoms with E-state index in [2.05, 4.69) is 99.0 Å². The van der Waals surface area contributed by atoms with E-state index in [1.165, 1.54) is 24.0 Å². The SMILES string of the molecule is CC1CCC(c2ncc(-c3ccc(-c4ccc5nc(-c6cnc(C7CCC(C)N7)[nH]6)ccc5c4)cc3)[nH]2)N1. The zero-order valence-corrected chi connectivity index (χ0v) is 21.8. The molecule has 7 nitrogen and oxygen atoms in total. The van der Waals surface area contributed by atoms with Crippen molar-refractivity contribution in [2.75, 3.05) is 0 Å². The minimum atomic E-state index is 0.302. The first-order valence-corrected chi connectivity index (χ1v) is 13.7. The fourth-order valence-corrected chi connectivity index (χ4v) is 5.89. The summed E-state index contributed by atoms with van der Waals surface area (Å²) in [6.45, 7) is 4.45. The highest BCUT2D eigenvalue weighted by Crippen LogP contribution is 2.30. The van der Waals surface area contributed by atoms with Gasteiger partial charge in [-0.25, -0.2) is 15.0 Å². The van der Waals surface area contributed by atoms with Crippen molar-refractivity contribution in [2.45, 2.75) is 63.7 Å². The van der Waals surface area contributed by atoms with Gasteiger partial charge in [0.2, 0.25) is 0 Å². The number of aromatic nitrogens is 5. The van der Waals surface area contributed by atoms with Crippen LogP contribution in [0.2, 0.25) is 0 Å². The molecule has 4 unspecified atom stereocenters. The first-order chi connectivity index (χ1) is 18.6. The van der Waals surface area contributed by atoms with E-state index < -0.39 is 0 Å². The molecule has 4 atom stereocenters. The van der Waals surface area contributed by atoms with E-state index in [1.54, 1.807) is 0 Å². The molecule has 38 heavy (non-hydrogen) atoms. The van der Waals surface area contributed by atoms with Gasteiger partial charge in [0.25, 0.3) is 0 Å². The van der Waals surface area contributed by atoms with E-state index >= 15 is 0 Å². The number of nitrogens with one attached hydrogen (secondary N) is 4. The van der Waals surface area contributed by atoms with Crippen LogP contribution >= 0.6 is 0 Å². The van der Waals surface area contributed by atoms with E-state index in [4.69, 9.17) is 4.98 Å². The molecule has 0 aliphatic carbocycles. The van der Waals surface area contributed by atoms with Gasteiger partial charge in [-0.15, -0.1) is 0 Å². The smallest absolute Gasteiger partial charge is 0.123 e. The summed E-state index contributed by atoms with van der Waals surface area (Å²) in [5.74, 6) is 2.03. The van der Waals surface area contributed by atoms with Gasteiger partial charge in [-0.1, -0.05) is 36.4 Å². The fourth-order valence-electron chi connectivity index (χ4n) is 5.89. The fraction of sp³-hybridized carbons (Fsp3) is 0.323. The number of H-pyrrole nitrogens is 2. The Bertz CT molecular complexity index is 1580. The molecule has 0 amide bonds. The van der Waals surface area contributed by atoms with Gasteiger partial charge in [0.15, 0.2) is 0 Å². The second-order valence-corrected chi connectivity index (χ2v) is 10.9. The Balaban J connectivity index is 1.09. The maximum atomic E-state index is 4.92. The second kappa shape index (κ2) is 9.49. The Morgan fingerprint density at radius 3 is 1.89 bits per heavy atom. The summed E-state index contributed by atoms with van der Waals surface area (Å²) < 4.78 is 0. The normalized spacial score (nSPS) is 23.4. The topological polar surface area (TPSA) is 94.3 Å². The number of pyridine rings is 1. The van der Waals surface area contributed by atoms with E-state index in [0.29, 0.717) is 24.2 Å². The third kappa shape index (κ3) is 4.42. The molecule has 0 saturated carbocycles. The van der Waals surface area contributed by atoms with E-state index in [-0.39, 0.29) is 0 Å². The highest BCUT2D eigenvalue weighted by Gasteiger charge is 2.25. The van der Waals surface area contributed by atoms with Gasteiger partial charge >= 0.3 is 0 Å². The molecule has 0 radical (unpaired) electrons. The van der Waals surface area contributed by atoms with Gasteiger partial charge in [-0.05, 0) is 74.4 Å². The molecule has 2 aromatic carbocycles. The molecule has 2 aliphatic rings. The van der Waals surface area contributed by atoms with Crippen LogP contribution in [0.3, 0.4) is 0 Å². The van der Waals surface area contributed by atoms with Gasteiger partial charge in [0.1, 0.15) is 11.6 Å². The second-order valence-electron chi connectivity index (χ2n) is 10.9. The van der Waals surface area contributed by atoms with Crippen molar-refractivity contribution in [1.82, 2.24) is 35.6 Å². The summed E-state index contributed by atoms with van der Waals surface area (Å²) in [4.78, 5) is 21.2. The zero-order chi connectivity index (χ0) is 25.6. The summed E-state index contributed by atoms with van der Waals surface area (Å²) >= 11 is 0. The molecule has 0 spiro atoms. The number of rotatable bonds is 5. The first kappa shape index (κ1) is 23.3. The molecular formula is C31H33N7. The van der Waals surface area contributed by atoms with Crippen LogP contribution in [0.5, 0.6) is 0 Å². The molecule has 2 fully saturated rings. The summed E-state index contributed by atoms with van der Waals surface area (Å²) in [6, 6.07) is 21.1. The standard InChI is InChI=1S/C31H33N7/c1-18-3-11-26(34-18)30-32-16-28(37-30)21-7-5-20(6-8-21)22-9-13-24-23(15-22)10-14-25(36-24)29-17-33-31(38-29)27-12-4-19(2)35-27/h5-10,13-19,26-27,34-35H,3-4,11-12H2,1-2H3,(H,32,37)(H,33,38). The highest BCUT2D eigenvalue weighted by molar-refractivity contribution is 5.86. The number of fused-ring (bicyclic) bond motifs is 1. The molecule has 2 aliphatic heterocycles. The predicted molar refractivity (Wildman–Crippen MR) is 151 cm³/mol. The van der Waals surface area contributed by atoms with Crippen LogP contribution in [0.1, 0.15) is 63.3 Å². The number of nitrogens with zero attached hydrogens (tertiary/aromatic N) is 3. The highest BCUT2D eigenvalue weighted by atomic mass is 15.1. The number of benzene rings is 2. The lowest BCUT2D eigenvalue weighted by molar-refractivity contribution is 0.564. The van der Waals surface area contributed by atoms with Crippen LogP contribution in [-0.4, -0.2) is 37.0 Å².